The molecule has 92 valence electrons. The van der Waals surface area contributed by atoms with Gasteiger partial charge in [0.2, 0.25) is 0 Å². The molecule has 0 aliphatic rings. The number of nitrogens with one attached hydrogen (secondary N) is 1. The molecule has 1 aromatic rings. The first-order valence-electron chi connectivity index (χ1n) is 4.83. The van der Waals surface area contributed by atoms with Gasteiger partial charge >= 0.3 is 5.97 Å². The topological polar surface area (TPSA) is 84.9 Å². The molecule has 0 saturated heterocycles. The van der Waals surface area contributed by atoms with Gasteiger partial charge in [0.25, 0.3) is 5.91 Å². The predicted molar refractivity (Wildman–Crippen MR) is 59.5 cm³/mol. The van der Waals surface area contributed by atoms with Crippen molar-refractivity contribution in [2.75, 3.05) is 20.8 Å². The van der Waals surface area contributed by atoms with Gasteiger partial charge in [0, 0.05) is 7.05 Å². The van der Waals surface area contributed by atoms with E-state index in [1.54, 1.807) is 6.07 Å². The zero-order valence-electron chi connectivity index (χ0n) is 9.52. The van der Waals surface area contributed by atoms with Crippen molar-refractivity contribution in [3.05, 3.63) is 23.8 Å². The van der Waals surface area contributed by atoms with Crippen molar-refractivity contribution in [1.29, 1.82) is 0 Å². The van der Waals surface area contributed by atoms with Crippen LogP contribution in [0.2, 0.25) is 0 Å². The maximum absolute atomic E-state index is 11.0. The Morgan fingerprint density at radius 2 is 2.12 bits per heavy atom. The highest BCUT2D eigenvalue weighted by Crippen LogP contribution is 2.30. The Labute approximate surface area is 98.2 Å². The second-order valence-electron chi connectivity index (χ2n) is 3.10. The van der Waals surface area contributed by atoms with E-state index in [1.165, 1.54) is 26.3 Å². The Balaban J connectivity index is 3.01. The van der Waals surface area contributed by atoms with E-state index in [4.69, 9.17) is 14.6 Å². The van der Waals surface area contributed by atoms with Crippen molar-refractivity contribution >= 4 is 11.9 Å². The van der Waals surface area contributed by atoms with Gasteiger partial charge in [-0.2, -0.15) is 0 Å². The van der Waals surface area contributed by atoms with E-state index in [0.29, 0.717) is 0 Å². The molecule has 0 unspecified atom stereocenters. The van der Waals surface area contributed by atoms with E-state index < -0.39 is 5.97 Å². The SMILES string of the molecule is CNC(=O)COc1c(OC)cccc1C(=O)O. The summed E-state index contributed by atoms with van der Waals surface area (Å²) in [7, 11) is 2.86. The lowest BCUT2D eigenvalue weighted by Gasteiger charge is -2.12. The minimum Gasteiger partial charge on any atom is -0.493 e. The fourth-order valence-corrected chi connectivity index (χ4v) is 1.20. The van der Waals surface area contributed by atoms with Crippen LogP contribution in [0.5, 0.6) is 11.5 Å². The highest BCUT2D eigenvalue weighted by atomic mass is 16.5. The first-order valence-corrected chi connectivity index (χ1v) is 4.83. The summed E-state index contributed by atoms with van der Waals surface area (Å²) in [5.74, 6) is -1.18. The third-order valence-corrected chi connectivity index (χ3v) is 2.06. The van der Waals surface area contributed by atoms with Crippen molar-refractivity contribution in [2.24, 2.45) is 0 Å². The average Bonchev–Trinajstić information content (AvgIpc) is 2.35. The monoisotopic (exact) mass is 239 g/mol. The summed E-state index contributed by atoms with van der Waals surface area (Å²) in [5.41, 5.74) is -0.0479. The zero-order chi connectivity index (χ0) is 12.8. The number of ether oxygens (including phenoxy) is 2. The highest BCUT2D eigenvalue weighted by molar-refractivity contribution is 5.92. The lowest BCUT2D eigenvalue weighted by atomic mass is 10.2. The molecule has 1 amide bonds. The van der Waals surface area contributed by atoms with E-state index in [0.717, 1.165) is 0 Å². The number of benzene rings is 1. The van der Waals surface area contributed by atoms with Gasteiger partial charge in [-0.25, -0.2) is 4.79 Å². The van der Waals surface area contributed by atoms with Crippen LogP contribution in [0.25, 0.3) is 0 Å². The molecule has 0 aliphatic heterocycles. The number of para-hydroxylation sites is 1. The van der Waals surface area contributed by atoms with Gasteiger partial charge in [0.15, 0.2) is 18.1 Å². The minimum absolute atomic E-state index is 0.0473. The van der Waals surface area contributed by atoms with E-state index >= 15 is 0 Å². The molecule has 6 heteroatoms. The molecular formula is C11H13NO5. The molecule has 1 aromatic carbocycles. The fraction of sp³-hybridized carbons (Fsp3) is 0.273. The molecule has 0 atom stereocenters. The molecule has 2 N–H and O–H groups in total. The van der Waals surface area contributed by atoms with Crippen LogP contribution in [0.3, 0.4) is 0 Å². The summed E-state index contributed by atoms with van der Waals surface area (Å²) >= 11 is 0. The average molecular weight is 239 g/mol. The third-order valence-electron chi connectivity index (χ3n) is 2.06. The maximum Gasteiger partial charge on any atom is 0.339 e. The first-order chi connectivity index (χ1) is 8.10. The normalized spacial score (nSPS) is 9.53. The van der Waals surface area contributed by atoms with Gasteiger partial charge in [0.1, 0.15) is 5.56 Å². The number of carboxylic acids is 1. The second-order valence-corrected chi connectivity index (χ2v) is 3.10. The quantitative estimate of drug-likeness (QED) is 0.782. The Bertz CT molecular complexity index is 430. The van der Waals surface area contributed by atoms with Crippen LogP contribution in [-0.2, 0) is 4.79 Å². The molecule has 17 heavy (non-hydrogen) atoms. The Kier molecular flexibility index (Phi) is 4.33. The third kappa shape index (κ3) is 3.10. The largest absolute Gasteiger partial charge is 0.493 e. The van der Waals surface area contributed by atoms with Gasteiger partial charge in [-0.05, 0) is 12.1 Å². The van der Waals surface area contributed by atoms with Crippen molar-refractivity contribution in [1.82, 2.24) is 5.32 Å². The lowest BCUT2D eigenvalue weighted by molar-refractivity contribution is -0.122. The Hall–Kier alpha value is -2.24. The predicted octanol–water partition coefficient (Wildman–Crippen LogP) is 0.518. The van der Waals surface area contributed by atoms with Crippen LogP contribution in [0.4, 0.5) is 0 Å². The van der Waals surface area contributed by atoms with Crippen LogP contribution in [0.1, 0.15) is 10.4 Å². The molecule has 0 bridgehead atoms. The van der Waals surface area contributed by atoms with Gasteiger partial charge in [0.05, 0.1) is 7.11 Å². The summed E-state index contributed by atoms with van der Waals surface area (Å²) in [6.45, 7) is -0.267. The van der Waals surface area contributed by atoms with Crippen molar-refractivity contribution in [3.8, 4) is 11.5 Å². The van der Waals surface area contributed by atoms with E-state index in [1.807, 2.05) is 0 Å². The number of carbonyl (C=O) groups excluding carboxylic acids is 1. The maximum atomic E-state index is 11.0. The summed E-state index contributed by atoms with van der Waals surface area (Å²) in [5, 5.41) is 11.3. The number of rotatable bonds is 5. The first kappa shape index (κ1) is 12.8. The van der Waals surface area contributed by atoms with Crippen molar-refractivity contribution in [2.45, 2.75) is 0 Å². The number of carboxylic acid groups (broad SMARTS) is 1. The van der Waals surface area contributed by atoms with Gasteiger partial charge in [-0.3, -0.25) is 4.79 Å². The molecule has 0 heterocycles. The molecule has 0 radical (unpaired) electrons. The van der Waals surface area contributed by atoms with Gasteiger partial charge in [-0.15, -0.1) is 0 Å². The number of hydrogen-bond donors (Lipinski definition) is 2. The van der Waals surface area contributed by atoms with Crippen LogP contribution in [0.15, 0.2) is 18.2 Å². The number of amides is 1. The second kappa shape index (κ2) is 5.74. The van der Waals surface area contributed by atoms with Crippen molar-refractivity contribution < 1.29 is 24.2 Å². The van der Waals surface area contributed by atoms with E-state index in [9.17, 15) is 9.59 Å². The van der Waals surface area contributed by atoms with Crippen LogP contribution in [-0.4, -0.2) is 37.7 Å². The summed E-state index contributed by atoms with van der Waals surface area (Å²) in [4.78, 5) is 22.0. The molecule has 0 aliphatic carbocycles. The zero-order valence-corrected chi connectivity index (χ0v) is 9.52. The highest BCUT2D eigenvalue weighted by Gasteiger charge is 2.16. The molecule has 0 spiro atoms. The molecule has 1 rings (SSSR count). The number of aromatic carboxylic acids is 1. The Morgan fingerprint density at radius 1 is 1.41 bits per heavy atom. The van der Waals surface area contributed by atoms with Crippen LogP contribution >= 0.6 is 0 Å². The van der Waals surface area contributed by atoms with Gasteiger partial charge in [-0.1, -0.05) is 6.07 Å². The summed E-state index contributed by atoms with van der Waals surface area (Å²) < 4.78 is 10.1. The summed E-state index contributed by atoms with van der Waals surface area (Å²) in [6, 6.07) is 4.48. The van der Waals surface area contributed by atoms with E-state index in [2.05, 4.69) is 5.32 Å². The fourth-order valence-electron chi connectivity index (χ4n) is 1.20. The standard InChI is InChI=1S/C11H13NO5/c1-12-9(13)6-17-10-7(11(14)15)4-3-5-8(10)16-2/h3-5H,6H2,1-2H3,(H,12,13)(H,14,15). The van der Waals surface area contributed by atoms with Crippen LogP contribution < -0.4 is 14.8 Å². The Morgan fingerprint density at radius 3 is 2.65 bits per heavy atom. The molecule has 0 saturated carbocycles. The molecule has 6 nitrogen and oxygen atoms in total. The van der Waals surface area contributed by atoms with E-state index in [-0.39, 0.29) is 29.6 Å². The number of likely N-dealkylation sites (N-methyl/N-ethyl adjacent to an activating group) is 1. The molecular weight excluding hydrogens is 226 g/mol. The molecule has 0 aromatic heterocycles. The van der Waals surface area contributed by atoms with Crippen LogP contribution in [0, 0.1) is 0 Å². The van der Waals surface area contributed by atoms with Gasteiger partial charge < -0.3 is 19.9 Å². The minimum atomic E-state index is -1.14. The van der Waals surface area contributed by atoms with Crippen molar-refractivity contribution in [3.63, 3.8) is 0 Å². The number of carbonyl (C=O) groups is 2. The number of hydrogen-bond acceptors (Lipinski definition) is 4. The smallest absolute Gasteiger partial charge is 0.339 e. The molecule has 0 fully saturated rings. The summed E-state index contributed by atoms with van der Waals surface area (Å²) in [6.07, 6.45) is 0. The number of methoxy groups -OCH3 is 1. The lowest BCUT2D eigenvalue weighted by Crippen LogP contribution is -2.25.